The quantitative estimate of drug-likeness (QED) is 0.665. The minimum absolute atomic E-state index is 0.142. The summed E-state index contributed by atoms with van der Waals surface area (Å²) in [6.07, 6.45) is 0. The molecule has 1 heterocycles. The molecule has 0 radical (unpaired) electrons. The van der Waals surface area contributed by atoms with E-state index in [-0.39, 0.29) is 17.4 Å². The molecule has 1 aromatic heterocycles. The minimum Gasteiger partial charge on any atom is -0.463 e. The van der Waals surface area contributed by atoms with Crippen LogP contribution in [0.5, 0.6) is 0 Å². The molecule has 0 aliphatic carbocycles. The maximum atomic E-state index is 12.1. The van der Waals surface area contributed by atoms with Crippen molar-refractivity contribution in [3.63, 3.8) is 0 Å². The van der Waals surface area contributed by atoms with Crippen LogP contribution in [0, 0.1) is 0 Å². The van der Waals surface area contributed by atoms with Crippen molar-refractivity contribution < 1.29 is 18.0 Å². The molecule has 3 N–H and O–H groups in total. The zero-order valence-electron chi connectivity index (χ0n) is 12.1. The summed E-state index contributed by atoms with van der Waals surface area (Å²) in [7, 11) is 0. The van der Waals surface area contributed by atoms with Crippen molar-refractivity contribution in [1.29, 1.82) is 0 Å². The van der Waals surface area contributed by atoms with Gasteiger partial charge in [0.05, 0.1) is 18.1 Å². The Hall–Kier alpha value is -1.67. The van der Waals surface area contributed by atoms with E-state index in [0.29, 0.717) is 29.8 Å². The lowest BCUT2D eigenvalue weighted by Crippen LogP contribution is -2.13. The van der Waals surface area contributed by atoms with Gasteiger partial charge in [-0.15, -0.1) is 11.8 Å². The number of benzene rings is 1. The number of carbonyl (C=O) groups is 1. The number of furan rings is 1. The van der Waals surface area contributed by atoms with Gasteiger partial charge in [0.2, 0.25) is 5.91 Å². The van der Waals surface area contributed by atoms with Gasteiger partial charge in [-0.3, -0.25) is 4.79 Å². The highest BCUT2D eigenvalue weighted by Gasteiger charge is 2.08. The van der Waals surface area contributed by atoms with Crippen molar-refractivity contribution >= 4 is 35.1 Å². The van der Waals surface area contributed by atoms with Gasteiger partial charge in [-0.2, -0.15) is 8.78 Å². The molecule has 4 nitrogen and oxygen atoms in total. The number of amides is 1. The van der Waals surface area contributed by atoms with Gasteiger partial charge in [0, 0.05) is 10.6 Å². The normalized spacial score (nSPS) is 10.9. The smallest absolute Gasteiger partial charge is 0.284 e. The summed E-state index contributed by atoms with van der Waals surface area (Å²) in [6.45, 7) is 0.424. The molecule has 0 atom stereocenters. The predicted molar refractivity (Wildman–Crippen MR) is 89.7 cm³/mol. The molecule has 23 heavy (non-hydrogen) atoms. The van der Waals surface area contributed by atoms with E-state index < -0.39 is 5.76 Å². The van der Waals surface area contributed by atoms with Crippen LogP contribution in [-0.4, -0.2) is 17.4 Å². The third-order valence-corrected chi connectivity index (χ3v) is 4.58. The van der Waals surface area contributed by atoms with Crippen LogP contribution < -0.4 is 11.1 Å². The molecule has 0 aliphatic heterocycles. The molecule has 1 amide bonds. The van der Waals surface area contributed by atoms with E-state index >= 15 is 0 Å². The van der Waals surface area contributed by atoms with E-state index in [2.05, 4.69) is 5.32 Å². The molecular formula is C15H16F2N2O2S2. The van der Waals surface area contributed by atoms with Crippen LogP contribution in [0.1, 0.15) is 11.5 Å². The topological polar surface area (TPSA) is 68.3 Å². The summed E-state index contributed by atoms with van der Waals surface area (Å²) >= 11 is 1.88. The number of anilines is 1. The lowest BCUT2D eigenvalue weighted by Gasteiger charge is -2.10. The zero-order valence-corrected chi connectivity index (χ0v) is 13.8. The number of rotatable bonds is 9. The highest BCUT2D eigenvalue weighted by Crippen LogP contribution is 2.27. The van der Waals surface area contributed by atoms with E-state index in [9.17, 15) is 13.6 Å². The first-order chi connectivity index (χ1) is 11.0. The van der Waals surface area contributed by atoms with Crippen molar-refractivity contribution in [3.8, 4) is 0 Å². The van der Waals surface area contributed by atoms with E-state index in [4.69, 9.17) is 10.2 Å². The van der Waals surface area contributed by atoms with Crippen molar-refractivity contribution in [2.45, 2.75) is 23.0 Å². The number of para-hydroxylation sites is 1. The van der Waals surface area contributed by atoms with Gasteiger partial charge in [0.1, 0.15) is 11.5 Å². The van der Waals surface area contributed by atoms with E-state index in [1.165, 1.54) is 11.8 Å². The van der Waals surface area contributed by atoms with Gasteiger partial charge in [-0.05, 0) is 24.3 Å². The molecule has 2 aromatic rings. The van der Waals surface area contributed by atoms with E-state index in [1.54, 1.807) is 12.1 Å². The van der Waals surface area contributed by atoms with Gasteiger partial charge in [0.25, 0.3) is 5.76 Å². The Morgan fingerprint density at radius 1 is 1.22 bits per heavy atom. The molecule has 1 aromatic carbocycles. The lowest BCUT2D eigenvalue weighted by atomic mass is 10.3. The van der Waals surface area contributed by atoms with Crippen LogP contribution in [0.2, 0.25) is 0 Å². The Morgan fingerprint density at radius 3 is 2.70 bits per heavy atom. The van der Waals surface area contributed by atoms with Crippen LogP contribution in [-0.2, 0) is 17.1 Å². The third kappa shape index (κ3) is 6.15. The Balaban J connectivity index is 1.91. The average molecular weight is 358 g/mol. The maximum absolute atomic E-state index is 12.1. The summed E-state index contributed by atoms with van der Waals surface area (Å²) in [5, 5.41) is 3.21. The summed E-state index contributed by atoms with van der Waals surface area (Å²) in [5.41, 5.74) is 6.02. The van der Waals surface area contributed by atoms with Crippen LogP contribution in [0.3, 0.4) is 0 Å². The Morgan fingerprint density at radius 2 is 1.96 bits per heavy atom. The van der Waals surface area contributed by atoms with E-state index in [0.717, 1.165) is 10.6 Å². The summed E-state index contributed by atoms with van der Waals surface area (Å²) in [4.78, 5) is 11.8. The SMILES string of the molecule is NC(=O)CSc1ccccc1NCc1ccc(CSC(F)F)o1. The Kier molecular flexibility index (Phi) is 6.79. The highest BCUT2D eigenvalue weighted by molar-refractivity contribution is 8.00. The number of nitrogens with two attached hydrogens (primary N) is 1. The minimum atomic E-state index is -2.41. The predicted octanol–water partition coefficient (Wildman–Crippen LogP) is 3.92. The van der Waals surface area contributed by atoms with Crippen LogP contribution in [0.25, 0.3) is 0 Å². The fourth-order valence-corrected chi connectivity index (χ4v) is 3.02. The van der Waals surface area contributed by atoms with Crippen molar-refractivity contribution in [2.24, 2.45) is 5.73 Å². The summed E-state index contributed by atoms with van der Waals surface area (Å²) in [6, 6.07) is 11.0. The fourth-order valence-electron chi connectivity index (χ4n) is 1.81. The largest absolute Gasteiger partial charge is 0.463 e. The molecular weight excluding hydrogens is 342 g/mol. The Bertz CT molecular complexity index is 650. The maximum Gasteiger partial charge on any atom is 0.284 e. The molecule has 0 aliphatic rings. The molecule has 0 saturated carbocycles. The van der Waals surface area contributed by atoms with Crippen molar-refractivity contribution in [1.82, 2.24) is 0 Å². The second kappa shape index (κ2) is 8.83. The highest BCUT2D eigenvalue weighted by atomic mass is 32.2. The van der Waals surface area contributed by atoms with Crippen LogP contribution in [0.4, 0.5) is 14.5 Å². The molecule has 0 saturated heterocycles. The van der Waals surface area contributed by atoms with Gasteiger partial charge < -0.3 is 15.5 Å². The van der Waals surface area contributed by atoms with Crippen LogP contribution >= 0.6 is 23.5 Å². The number of hydrogen-bond acceptors (Lipinski definition) is 5. The second-order valence-corrected chi connectivity index (χ2v) is 6.54. The average Bonchev–Trinajstić information content (AvgIpc) is 2.97. The molecule has 0 bridgehead atoms. The summed E-state index contributed by atoms with van der Waals surface area (Å²) < 4.78 is 29.8. The number of nitrogens with one attached hydrogen (secondary N) is 1. The second-order valence-electron chi connectivity index (χ2n) is 4.54. The molecule has 124 valence electrons. The number of thioether (sulfide) groups is 2. The zero-order chi connectivity index (χ0) is 16.7. The molecule has 0 fully saturated rings. The molecule has 2 rings (SSSR count). The number of carbonyl (C=O) groups excluding carboxylic acids is 1. The molecule has 0 unspecified atom stereocenters. The van der Waals surface area contributed by atoms with Gasteiger partial charge in [0.15, 0.2) is 0 Å². The molecule has 8 heteroatoms. The van der Waals surface area contributed by atoms with Crippen LogP contribution in [0.15, 0.2) is 45.7 Å². The van der Waals surface area contributed by atoms with Crippen molar-refractivity contribution in [2.75, 3.05) is 11.1 Å². The number of primary amides is 1. The lowest BCUT2D eigenvalue weighted by molar-refractivity contribution is -0.115. The Labute approximate surface area is 141 Å². The summed E-state index contributed by atoms with van der Waals surface area (Å²) in [5.74, 6) is -1.27. The van der Waals surface area contributed by atoms with Gasteiger partial charge >= 0.3 is 0 Å². The first-order valence-corrected chi connectivity index (χ1v) is 8.79. The van der Waals surface area contributed by atoms with E-state index in [1.807, 2.05) is 24.3 Å². The first-order valence-electron chi connectivity index (χ1n) is 6.76. The van der Waals surface area contributed by atoms with Gasteiger partial charge in [-0.25, -0.2) is 0 Å². The number of hydrogen-bond donors (Lipinski definition) is 2. The number of halogens is 2. The fraction of sp³-hybridized carbons (Fsp3) is 0.267. The monoisotopic (exact) mass is 358 g/mol. The third-order valence-electron chi connectivity index (χ3n) is 2.78. The standard InChI is InChI=1S/C15H16F2N2O2S2/c16-15(17)23-8-11-6-5-10(21-11)7-19-12-3-1-2-4-13(12)22-9-14(18)20/h1-6,15,19H,7-9H2,(H2,18,20). The molecule has 0 spiro atoms. The number of alkyl halides is 2. The van der Waals surface area contributed by atoms with Crippen molar-refractivity contribution in [3.05, 3.63) is 47.9 Å². The first kappa shape index (κ1) is 17.7. The van der Waals surface area contributed by atoms with Gasteiger partial charge in [-0.1, -0.05) is 23.9 Å².